The van der Waals surface area contributed by atoms with Crippen LogP contribution >= 0.6 is 0 Å². The maximum absolute atomic E-state index is 12.9. The van der Waals surface area contributed by atoms with Crippen molar-refractivity contribution in [1.29, 1.82) is 0 Å². The Hall–Kier alpha value is -2.16. The van der Waals surface area contributed by atoms with Crippen LogP contribution in [0.25, 0.3) is 22.4 Å². The van der Waals surface area contributed by atoms with Crippen LogP contribution in [0.5, 0.6) is 0 Å². The van der Waals surface area contributed by atoms with E-state index in [4.69, 9.17) is 0 Å². The van der Waals surface area contributed by atoms with E-state index >= 15 is 0 Å². The average molecular weight is 240 g/mol. The SMILES string of the molecule is Cc1cc(C)c2nc(-c3ccc(F)cc3)[nH]c2c1. The third-order valence-corrected chi connectivity index (χ3v) is 3.04. The fraction of sp³-hybridized carbons (Fsp3) is 0.133. The molecule has 2 aromatic carbocycles. The largest absolute Gasteiger partial charge is 0.338 e. The molecule has 0 aliphatic heterocycles. The van der Waals surface area contributed by atoms with Crippen molar-refractivity contribution in [3.8, 4) is 11.4 Å². The number of nitrogens with zero attached hydrogens (tertiary/aromatic N) is 1. The number of hydrogen-bond donors (Lipinski definition) is 1. The minimum atomic E-state index is -0.234. The summed E-state index contributed by atoms with van der Waals surface area (Å²) >= 11 is 0. The van der Waals surface area contributed by atoms with Gasteiger partial charge in [0.25, 0.3) is 0 Å². The third-order valence-electron chi connectivity index (χ3n) is 3.04. The van der Waals surface area contributed by atoms with Crippen molar-refractivity contribution in [3.05, 3.63) is 53.3 Å². The van der Waals surface area contributed by atoms with Crippen LogP contribution in [0.3, 0.4) is 0 Å². The van der Waals surface area contributed by atoms with E-state index in [2.05, 4.69) is 29.0 Å². The molecule has 0 bridgehead atoms. The van der Waals surface area contributed by atoms with Crippen LogP contribution in [-0.4, -0.2) is 9.97 Å². The number of halogens is 1. The quantitative estimate of drug-likeness (QED) is 0.684. The fourth-order valence-electron chi connectivity index (χ4n) is 2.22. The molecule has 0 unspecified atom stereocenters. The van der Waals surface area contributed by atoms with Crippen molar-refractivity contribution in [2.75, 3.05) is 0 Å². The summed E-state index contributed by atoms with van der Waals surface area (Å²) in [5, 5.41) is 0. The molecule has 1 N–H and O–H groups in total. The standard InChI is InChI=1S/C15H13FN2/c1-9-7-10(2)14-13(8-9)17-15(18-14)11-3-5-12(16)6-4-11/h3-8H,1-2H3,(H,17,18). The van der Waals surface area contributed by atoms with Crippen LogP contribution in [0.2, 0.25) is 0 Å². The molecule has 0 saturated carbocycles. The highest BCUT2D eigenvalue weighted by Gasteiger charge is 2.07. The fourth-order valence-corrected chi connectivity index (χ4v) is 2.22. The highest BCUT2D eigenvalue weighted by Crippen LogP contribution is 2.23. The molecule has 0 amide bonds. The zero-order chi connectivity index (χ0) is 12.7. The number of hydrogen-bond acceptors (Lipinski definition) is 1. The molecule has 1 heterocycles. The molecular weight excluding hydrogens is 227 g/mol. The number of benzene rings is 2. The lowest BCUT2D eigenvalue weighted by Gasteiger charge is -1.96. The normalized spacial score (nSPS) is 11.1. The van der Waals surface area contributed by atoms with E-state index in [1.807, 2.05) is 6.92 Å². The Kier molecular flexibility index (Phi) is 2.40. The van der Waals surface area contributed by atoms with E-state index in [0.29, 0.717) is 0 Å². The number of H-pyrrole nitrogens is 1. The van der Waals surface area contributed by atoms with Gasteiger partial charge in [0.1, 0.15) is 11.6 Å². The van der Waals surface area contributed by atoms with Crippen molar-refractivity contribution in [3.63, 3.8) is 0 Å². The number of aromatic amines is 1. The summed E-state index contributed by atoms with van der Waals surface area (Å²) in [6, 6.07) is 10.5. The van der Waals surface area contributed by atoms with E-state index in [0.717, 1.165) is 28.0 Å². The molecule has 2 nitrogen and oxygen atoms in total. The summed E-state index contributed by atoms with van der Waals surface area (Å²) in [5.41, 5.74) is 5.24. The van der Waals surface area contributed by atoms with Crippen LogP contribution < -0.4 is 0 Å². The molecule has 3 heteroatoms. The van der Waals surface area contributed by atoms with Gasteiger partial charge in [-0.25, -0.2) is 9.37 Å². The van der Waals surface area contributed by atoms with Gasteiger partial charge in [0.15, 0.2) is 0 Å². The van der Waals surface area contributed by atoms with Gasteiger partial charge in [-0.1, -0.05) is 6.07 Å². The zero-order valence-corrected chi connectivity index (χ0v) is 10.3. The Balaban J connectivity index is 2.19. The van der Waals surface area contributed by atoms with Gasteiger partial charge < -0.3 is 4.98 Å². The van der Waals surface area contributed by atoms with Gasteiger partial charge in [0, 0.05) is 5.56 Å². The van der Waals surface area contributed by atoms with Gasteiger partial charge in [-0.3, -0.25) is 0 Å². The monoisotopic (exact) mass is 240 g/mol. The van der Waals surface area contributed by atoms with Gasteiger partial charge in [-0.15, -0.1) is 0 Å². The predicted molar refractivity (Wildman–Crippen MR) is 71.0 cm³/mol. The second-order valence-electron chi connectivity index (χ2n) is 4.57. The number of rotatable bonds is 1. The van der Waals surface area contributed by atoms with Gasteiger partial charge in [0.2, 0.25) is 0 Å². The van der Waals surface area contributed by atoms with E-state index in [-0.39, 0.29) is 5.82 Å². The average Bonchev–Trinajstić information content (AvgIpc) is 2.74. The number of nitrogens with one attached hydrogen (secondary N) is 1. The molecule has 0 radical (unpaired) electrons. The molecule has 3 rings (SSSR count). The second kappa shape index (κ2) is 3.95. The molecule has 1 aromatic heterocycles. The highest BCUT2D eigenvalue weighted by molar-refractivity contribution is 5.82. The summed E-state index contributed by atoms with van der Waals surface area (Å²) < 4.78 is 12.9. The lowest BCUT2D eigenvalue weighted by Crippen LogP contribution is -1.81. The Morgan fingerprint density at radius 1 is 1.06 bits per heavy atom. The van der Waals surface area contributed by atoms with E-state index in [1.165, 1.54) is 17.7 Å². The van der Waals surface area contributed by atoms with Gasteiger partial charge in [-0.2, -0.15) is 0 Å². The van der Waals surface area contributed by atoms with E-state index in [1.54, 1.807) is 12.1 Å². The van der Waals surface area contributed by atoms with Crippen LogP contribution in [0.15, 0.2) is 36.4 Å². The first-order chi connectivity index (χ1) is 8.63. The molecule has 0 saturated heterocycles. The highest BCUT2D eigenvalue weighted by atomic mass is 19.1. The predicted octanol–water partition coefficient (Wildman–Crippen LogP) is 3.99. The van der Waals surface area contributed by atoms with E-state index in [9.17, 15) is 4.39 Å². The summed E-state index contributed by atoms with van der Waals surface area (Å²) in [4.78, 5) is 7.85. The first-order valence-corrected chi connectivity index (χ1v) is 5.86. The van der Waals surface area contributed by atoms with Crippen molar-refractivity contribution >= 4 is 11.0 Å². The molecule has 18 heavy (non-hydrogen) atoms. The Bertz CT molecular complexity index is 711. The maximum Gasteiger partial charge on any atom is 0.138 e. The number of fused-ring (bicyclic) bond motifs is 1. The van der Waals surface area contributed by atoms with Crippen molar-refractivity contribution in [1.82, 2.24) is 9.97 Å². The maximum atomic E-state index is 12.9. The molecule has 90 valence electrons. The number of imidazole rings is 1. The van der Waals surface area contributed by atoms with Crippen molar-refractivity contribution in [2.45, 2.75) is 13.8 Å². The Morgan fingerprint density at radius 2 is 1.78 bits per heavy atom. The summed E-state index contributed by atoms with van der Waals surface area (Å²) in [6.07, 6.45) is 0. The Morgan fingerprint density at radius 3 is 2.50 bits per heavy atom. The zero-order valence-electron chi connectivity index (χ0n) is 10.3. The lowest BCUT2D eigenvalue weighted by molar-refractivity contribution is 0.628. The third kappa shape index (κ3) is 1.78. The van der Waals surface area contributed by atoms with Crippen molar-refractivity contribution in [2.24, 2.45) is 0 Å². The summed E-state index contributed by atoms with van der Waals surface area (Å²) in [7, 11) is 0. The van der Waals surface area contributed by atoms with Crippen LogP contribution in [-0.2, 0) is 0 Å². The van der Waals surface area contributed by atoms with E-state index < -0.39 is 0 Å². The minimum Gasteiger partial charge on any atom is -0.338 e. The van der Waals surface area contributed by atoms with Crippen LogP contribution in [0, 0.1) is 19.7 Å². The summed E-state index contributed by atoms with van der Waals surface area (Å²) in [6.45, 7) is 4.11. The summed E-state index contributed by atoms with van der Waals surface area (Å²) in [5.74, 6) is 0.542. The molecule has 0 spiro atoms. The first kappa shape index (κ1) is 11.0. The minimum absolute atomic E-state index is 0.234. The molecule has 0 aliphatic rings. The lowest BCUT2D eigenvalue weighted by atomic mass is 10.1. The molecular formula is C15H13FN2. The van der Waals surface area contributed by atoms with Crippen LogP contribution in [0.1, 0.15) is 11.1 Å². The molecule has 0 fully saturated rings. The van der Waals surface area contributed by atoms with Gasteiger partial charge in [0.05, 0.1) is 11.0 Å². The van der Waals surface area contributed by atoms with Gasteiger partial charge >= 0.3 is 0 Å². The topological polar surface area (TPSA) is 28.7 Å². The first-order valence-electron chi connectivity index (χ1n) is 5.86. The molecule has 3 aromatic rings. The second-order valence-corrected chi connectivity index (χ2v) is 4.57. The van der Waals surface area contributed by atoms with Crippen molar-refractivity contribution < 1.29 is 4.39 Å². The molecule has 0 aliphatic carbocycles. The smallest absolute Gasteiger partial charge is 0.138 e. The van der Waals surface area contributed by atoms with Crippen LogP contribution in [0.4, 0.5) is 4.39 Å². The van der Waals surface area contributed by atoms with Gasteiger partial charge in [-0.05, 0) is 55.3 Å². The molecule has 0 atom stereocenters. The Labute approximate surface area is 104 Å². The number of aromatic nitrogens is 2. The number of aryl methyl sites for hydroxylation is 2.